The van der Waals surface area contributed by atoms with Crippen molar-refractivity contribution in [2.24, 2.45) is 0 Å². The lowest BCUT2D eigenvalue weighted by molar-refractivity contribution is 0.0605. The summed E-state index contributed by atoms with van der Waals surface area (Å²) < 4.78 is 10.4. The lowest BCUT2D eigenvalue weighted by Crippen LogP contribution is -2.13. The number of allylic oxidation sites excluding steroid dienone is 2. The van der Waals surface area contributed by atoms with Crippen molar-refractivity contribution in [2.45, 2.75) is 20.8 Å². The maximum absolute atomic E-state index is 5.28. The van der Waals surface area contributed by atoms with Crippen molar-refractivity contribution >= 4 is 0 Å². The molecule has 0 radical (unpaired) electrons. The summed E-state index contributed by atoms with van der Waals surface area (Å²) in [6.07, 6.45) is 1.82. The minimum Gasteiger partial charge on any atom is -0.487 e. The molecule has 0 unspecified atom stereocenters. The van der Waals surface area contributed by atoms with Gasteiger partial charge in [0.25, 0.3) is 0 Å². The second kappa shape index (κ2) is 6.35. The van der Waals surface area contributed by atoms with Crippen molar-refractivity contribution in [3.8, 4) is 0 Å². The quantitative estimate of drug-likeness (QED) is 0.620. The highest BCUT2D eigenvalue weighted by molar-refractivity contribution is 5.26. The summed E-state index contributed by atoms with van der Waals surface area (Å²) >= 11 is 0. The van der Waals surface area contributed by atoms with E-state index in [2.05, 4.69) is 13.2 Å². The fraction of sp³-hybridized carbons (Fsp3) is 0.455. The van der Waals surface area contributed by atoms with Crippen LogP contribution in [0.2, 0.25) is 0 Å². The first-order valence-corrected chi connectivity index (χ1v) is 4.52. The first-order chi connectivity index (χ1) is 6.20. The molecule has 74 valence electrons. The van der Waals surface area contributed by atoms with E-state index in [1.54, 1.807) is 0 Å². The fourth-order valence-corrected chi connectivity index (χ4v) is 0.814. The maximum Gasteiger partial charge on any atom is 0.160 e. The Hall–Kier alpha value is -1.18. The molecule has 1 fully saturated rings. The third kappa shape index (κ3) is 4.41. The van der Waals surface area contributed by atoms with E-state index >= 15 is 0 Å². The Labute approximate surface area is 80.5 Å². The van der Waals surface area contributed by atoms with Gasteiger partial charge in [0.15, 0.2) is 11.5 Å². The minimum absolute atomic E-state index is 0.590. The van der Waals surface area contributed by atoms with Crippen LogP contribution in [-0.2, 0) is 9.47 Å². The topological polar surface area (TPSA) is 18.5 Å². The molecule has 0 saturated carbocycles. The smallest absolute Gasteiger partial charge is 0.160 e. The van der Waals surface area contributed by atoms with Crippen LogP contribution >= 0.6 is 0 Å². The summed E-state index contributed by atoms with van der Waals surface area (Å²) in [5.41, 5.74) is 0.937. The summed E-state index contributed by atoms with van der Waals surface area (Å²) in [7, 11) is 0. The van der Waals surface area contributed by atoms with Gasteiger partial charge in [-0.25, -0.2) is 0 Å². The molecule has 0 spiro atoms. The molecule has 0 atom stereocenters. The second-order valence-corrected chi connectivity index (χ2v) is 2.48. The van der Waals surface area contributed by atoms with Crippen LogP contribution in [0.3, 0.4) is 0 Å². The Morgan fingerprint density at radius 3 is 2.31 bits per heavy atom. The Morgan fingerprint density at radius 1 is 1.31 bits per heavy atom. The van der Waals surface area contributed by atoms with E-state index in [0.29, 0.717) is 24.7 Å². The van der Waals surface area contributed by atoms with Crippen LogP contribution < -0.4 is 0 Å². The van der Waals surface area contributed by atoms with Gasteiger partial charge in [0.05, 0.1) is 0 Å². The van der Waals surface area contributed by atoms with Crippen LogP contribution in [-0.4, -0.2) is 13.2 Å². The highest BCUT2D eigenvalue weighted by atomic mass is 16.6. The molecule has 2 nitrogen and oxygen atoms in total. The molecule has 0 aromatic carbocycles. The van der Waals surface area contributed by atoms with E-state index in [0.717, 1.165) is 5.57 Å². The van der Waals surface area contributed by atoms with Crippen molar-refractivity contribution < 1.29 is 9.47 Å². The Balaban J connectivity index is 0.000000671. The molecule has 0 aliphatic carbocycles. The van der Waals surface area contributed by atoms with Crippen molar-refractivity contribution in [3.05, 3.63) is 36.3 Å². The first kappa shape index (κ1) is 11.8. The van der Waals surface area contributed by atoms with Crippen molar-refractivity contribution in [1.82, 2.24) is 0 Å². The molecular formula is C11H18O2. The van der Waals surface area contributed by atoms with Crippen LogP contribution in [0.25, 0.3) is 0 Å². The molecule has 0 amide bonds. The van der Waals surface area contributed by atoms with Gasteiger partial charge in [0.2, 0.25) is 0 Å². The molecule has 1 saturated heterocycles. The van der Waals surface area contributed by atoms with E-state index in [4.69, 9.17) is 9.47 Å². The number of rotatable bonds is 1. The molecule has 1 aliphatic heterocycles. The lowest BCUT2D eigenvalue weighted by Gasteiger charge is -2.19. The number of hydrogen-bond donors (Lipinski definition) is 0. The molecule has 1 heterocycles. The van der Waals surface area contributed by atoms with Crippen molar-refractivity contribution in [3.63, 3.8) is 0 Å². The predicted molar refractivity (Wildman–Crippen MR) is 55.3 cm³/mol. The second-order valence-electron chi connectivity index (χ2n) is 2.48. The van der Waals surface area contributed by atoms with E-state index in [1.807, 2.05) is 26.8 Å². The molecule has 0 N–H and O–H groups in total. The average molecular weight is 182 g/mol. The monoisotopic (exact) mass is 182 g/mol. The van der Waals surface area contributed by atoms with Crippen LogP contribution in [0, 0.1) is 0 Å². The minimum atomic E-state index is 0.590. The van der Waals surface area contributed by atoms with Crippen LogP contribution in [0.4, 0.5) is 0 Å². The van der Waals surface area contributed by atoms with Gasteiger partial charge in [-0.3, -0.25) is 0 Å². The third-order valence-corrected chi connectivity index (χ3v) is 1.27. The van der Waals surface area contributed by atoms with Crippen molar-refractivity contribution in [2.75, 3.05) is 13.2 Å². The zero-order valence-corrected chi connectivity index (χ0v) is 8.72. The van der Waals surface area contributed by atoms with E-state index < -0.39 is 0 Å². The van der Waals surface area contributed by atoms with Gasteiger partial charge < -0.3 is 9.47 Å². The normalized spacial score (nSPS) is 18.1. The van der Waals surface area contributed by atoms with Gasteiger partial charge in [0, 0.05) is 0 Å². The van der Waals surface area contributed by atoms with Crippen LogP contribution in [0.15, 0.2) is 36.3 Å². The zero-order chi connectivity index (χ0) is 10.3. The lowest BCUT2D eigenvalue weighted by atomic mass is 10.2. The van der Waals surface area contributed by atoms with Gasteiger partial charge in [-0.15, -0.1) is 0 Å². The molecule has 0 aromatic rings. The summed E-state index contributed by atoms with van der Waals surface area (Å²) in [6, 6.07) is 0. The molecule has 2 heteroatoms. The Bertz CT molecular complexity index is 214. The predicted octanol–water partition coefficient (Wildman–Crippen LogP) is 3.03. The molecule has 1 rings (SSSR count). The van der Waals surface area contributed by atoms with Crippen molar-refractivity contribution in [1.29, 1.82) is 0 Å². The van der Waals surface area contributed by atoms with Gasteiger partial charge in [-0.1, -0.05) is 32.6 Å². The molecule has 1 aliphatic rings. The molecule has 13 heavy (non-hydrogen) atoms. The summed E-state index contributed by atoms with van der Waals surface area (Å²) in [4.78, 5) is 0. The fourth-order valence-electron chi connectivity index (χ4n) is 0.814. The highest BCUT2D eigenvalue weighted by Crippen LogP contribution is 2.17. The third-order valence-electron chi connectivity index (χ3n) is 1.27. The Kier molecular flexibility index (Phi) is 5.77. The highest BCUT2D eigenvalue weighted by Gasteiger charge is 2.10. The number of hydrogen-bond acceptors (Lipinski definition) is 2. The van der Waals surface area contributed by atoms with E-state index in [-0.39, 0.29) is 0 Å². The zero-order valence-electron chi connectivity index (χ0n) is 8.72. The van der Waals surface area contributed by atoms with Gasteiger partial charge in [-0.05, 0) is 13.0 Å². The summed E-state index contributed by atoms with van der Waals surface area (Å²) in [5.74, 6) is 1.29. The van der Waals surface area contributed by atoms with E-state index in [1.165, 1.54) is 0 Å². The maximum atomic E-state index is 5.28. The summed E-state index contributed by atoms with van der Waals surface area (Å²) in [6.45, 7) is 14.5. The first-order valence-electron chi connectivity index (χ1n) is 4.52. The van der Waals surface area contributed by atoms with Gasteiger partial charge in [0.1, 0.15) is 13.2 Å². The molecule has 0 aromatic heterocycles. The molecule has 0 bridgehead atoms. The largest absolute Gasteiger partial charge is 0.487 e. The van der Waals surface area contributed by atoms with Crippen LogP contribution in [0.5, 0.6) is 0 Å². The standard InChI is InChI=1S/C9H12O2.C2H6/c1-7(2)6-9-8(3)10-4-5-11-9;1-2/h6H,1,3-5H2,2H3;1-2H3/b9-6+;. The SMILES string of the molecule is C=C(C)/C=C1/OCCOC1=C.CC. The van der Waals surface area contributed by atoms with E-state index in [9.17, 15) is 0 Å². The average Bonchev–Trinajstić information content (AvgIpc) is 2.12. The van der Waals surface area contributed by atoms with Gasteiger partial charge in [-0.2, -0.15) is 0 Å². The van der Waals surface area contributed by atoms with Gasteiger partial charge >= 0.3 is 0 Å². The number of ether oxygens (including phenoxy) is 2. The summed E-state index contributed by atoms with van der Waals surface area (Å²) in [5, 5.41) is 0. The molecular weight excluding hydrogens is 164 g/mol. The van der Waals surface area contributed by atoms with Crippen LogP contribution in [0.1, 0.15) is 20.8 Å². The Morgan fingerprint density at radius 2 is 1.85 bits per heavy atom.